The molecule has 84 valence electrons. The lowest BCUT2D eigenvalue weighted by molar-refractivity contribution is -0.145. The normalized spacial score (nSPS) is 14.9. The second-order valence-electron chi connectivity index (χ2n) is 4.25. The highest BCUT2D eigenvalue weighted by Gasteiger charge is 2.12. The Hall–Kier alpha value is -0.530. The van der Waals surface area contributed by atoms with E-state index in [9.17, 15) is 4.79 Å². The van der Waals surface area contributed by atoms with Crippen LogP contribution in [0.1, 0.15) is 52.9 Å². The first-order valence-electron chi connectivity index (χ1n) is 5.69. The fourth-order valence-corrected chi connectivity index (χ4v) is 1.73. The maximum atomic E-state index is 11.1. The molecule has 0 spiro atoms. The van der Waals surface area contributed by atoms with Crippen LogP contribution in [-0.2, 0) is 9.53 Å². The van der Waals surface area contributed by atoms with Crippen LogP contribution in [0.5, 0.6) is 0 Å². The van der Waals surface area contributed by atoms with Crippen LogP contribution in [0.25, 0.3) is 0 Å². The summed E-state index contributed by atoms with van der Waals surface area (Å²) >= 11 is 0. The minimum Gasteiger partial charge on any atom is -0.469 e. The number of ether oxygens (including phenoxy) is 1. The van der Waals surface area contributed by atoms with Gasteiger partial charge in [-0.1, -0.05) is 46.5 Å². The van der Waals surface area contributed by atoms with Crippen molar-refractivity contribution in [1.29, 1.82) is 0 Å². The molecule has 0 aromatic rings. The van der Waals surface area contributed by atoms with E-state index in [-0.39, 0.29) is 11.9 Å². The molecule has 0 aliphatic rings. The predicted molar refractivity (Wildman–Crippen MR) is 59.1 cm³/mol. The molecule has 0 fully saturated rings. The minimum absolute atomic E-state index is 0.0637. The highest BCUT2D eigenvalue weighted by molar-refractivity contribution is 5.71. The molecular weight excluding hydrogens is 176 g/mol. The summed E-state index contributed by atoms with van der Waals surface area (Å²) in [6.07, 6.45) is 5.88. The molecule has 0 unspecified atom stereocenters. The standard InChI is InChI=1S/C12H24O2/c1-5-7-10(2)8-6-9-11(3)12(13)14-4/h10-11H,5-9H2,1-4H3/t10-,11+/m0/s1. The van der Waals surface area contributed by atoms with Crippen LogP contribution in [0, 0.1) is 11.8 Å². The van der Waals surface area contributed by atoms with Crippen LogP contribution in [-0.4, -0.2) is 13.1 Å². The Morgan fingerprint density at radius 3 is 2.36 bits per heavy atom. The van der Waals surface area contributed by atoms with E-state index < -0.39 is 0 Å². The van der Waals surface area contributed by atoms with Gasteiger partial charge in [0.1, 0.15) is 0 Å². The molecule has 0 heterocycles. The lowest BCUT2D eigenvalue weighted by Gasteiger charge is -2.12. The molecule has 0 amide bonds. The number of hydrogen-bond donors (Lipinski definition) is 0. The molecule has 2 atom stereocenters. The van der Waals surface area contributed by atoms with Gasteiger partial charge >= 0.3 is 5.97 Å². The number of rotatable bonds is 7. The first-order valence-corrected chi connectivity index (χ1v) is 5.69. The molecule has 0 radical (unpaired) electrons. The Kier molecular flexibility index (Phi) is 7.54. The molecule has 0 aromatic carbocycles. The lowest BCUT2D eigenvalue weighted by Crippen LogP contribution is -2.12. The summed E-state index contributed by atoms with van der Waals surface area (Å²) in [5, 5.41) is 0. The number of methoxy groups -OCH3 is 1. The second kappa shape index (κ2) is 7.84. The Labute approximate surface area is 88.0 Å². The molecular formula is C12H24O2. The lowest BCUT2D eigenvalue weighted by atomic mass is 9.96. The largest absolute Gasteiger partial charge is 0.469 e. The van der Waals surface area contributed by atoms with Crippen LogP contribution < -0.4 is 0 Å². The van der Waals surface area contributed by atoms with Gasteiger partial charge < -0.3 is 4.74 Å². The average molecular weight is 200 g/mol. The van der Waals surface area contributed by atoms with Gasteiger partial charge in [0, 0.05) is 0 Å². The zero-order chi connectivity index (χ0) is 11.0. The zero-order valence-electron chi connectivity index (χ0n) is 10.0. The quantitative estimate of drug-likeness (QED) is 0.589. The molecule has 0 saturated carbocycles. The zero-order valence-corrected chi connectivity index (χ0v) is 10.0. The smallest absolute Gasteiger partial charge is 0.308 e. The van der Waals surface area contributed by atoms with Crippen molar-refractivity contribution in [2.24, 2.45) is 11.8 Å². The van der Waals surface area contributed by atoms with Crippen molar-refractivity contribution in [2.75, 3.05) is 7.11 Å². The van der Waals surface area contributed by atoms with Crippen molar-refractivity contribution in [2.45, 2.75) is 52.9 Å². The van der Waals surface area contributed by atoms with Gasteiger partial charge in [-0.25, -0.2) is 0 Å². The fraction of sp³-hybridized carbons (Fsp3) is 0.917. The highest BCUT2D eigenvalue weighted by Crippen LogP contribution is 2.17. The fourth-order valence-electron chi connectivity index (χ4n) is 1.73. The van der Waals surface area contributed by atoms with Crippen LogP contribution >= 0.6 is 0 Å². The Morgan fingerprint density at radius 1 is 1.21 bits per heavy atom. The Bertz CT molecular complexity index is 154. The van der Waals surface area contributed by atoms with Crippen molar-refractivity contribution in [3.8, 4) is 0 Å². The van der Waals surface area contributed by atoms with E-state index in [4.69, 9.17) is 0 Å². The van der Waals surface area contributed by atoms with E-state index >= 15 is 0 Å². The van der Waals surface area contributed by atoms with E-state index in [1.54, 1.807) is 0 Å². The summed E-state index contributed by atoms with van der Waals surface area (Å²) in [4.78, 5) is 11.1. The molecule has 0 bridgehead atoms. The maximum Gasteiger partial charge on any atom is 0.308 e. The van der Waals surface area contributed by atoms with Gasteiger partial charge in [-0.15, -0.1) is 0 Å². The SMILES string of the molecule is CCC[C@H](C)CCC[C@@H](C)C(=O)OC. The van der Waals surface area contributed by atoms with Gasteiger partial charge in [-0.3, -0.25) is 4.79 Å². The Morgan fingerprint density at radius 2 is 1.86 bits per heavy atom. The van der Waals surface area contributed by atoms with E-state index in [1.807, 2.05) is 6.92 Å². The van der Waals surface area contributed by atoms with Crippen molar-refractivity contribution < 1.29 is 9.53 Å². The number of hydrogen-bond acceptors (Lipinski definition) is 2. The third-order valence-electron chi connectivity index (χ3n) is 2.72. The monoisotopic (exact) mass is 200 g/mol. The average Bonchev–Trinajstić information content (AvgIpc) is 2.16. The summed E-state index contributed by atoms with van der Waals surface area (Å²) in [7, 11) is 1.46. The van der Waals surface area contributed by atoms with E-state index in [0.29, 0.717) is 0 Å². The first-order chi connectivity index (χ1) is 6.61. The van der Waals surface area contributed by atoms with Crippen LogP contribution in [0.3, 0.4) is 0 Å². The van der Waals surface area contributed by atoms with Crippen LogP contribution in [0.2, 0.25) is 0 Å². The molecule has 0 aromatic heterocycles. The van der Waals surface area contributed by atoms with Crippen LogP contribution in [0.4, 0.5) is 0 Å². The molecule has 0 saturated heterocycles. The summed E-state index contributed by atoms with van der Waals surface area (Å²) in [6, 6.07) is 0. The summed E-state index contributed by atoms with van der Waals surface area (Å²) in [6.45, 7) is 6.44. The van der Waals surface area contributed by atoms with Crippen LogP contribution in [0.15, 0.2) is 0 Å². The third kappa shape index (κ3) is 6.01. The van der Waals surface area contributed by atoms with Gasteiger partial charge in [-0.2, -0.15) is 0 Å². The van der Waals surface area contributed by atoms with Gasteiger partial charge in [0.05, 0.1) is 13.0 Å². The van der Waals surface area contributed by atoms with Crippen molar-refractivity contribution in [3.63, 3.8) is 0 Å². The number of carbonyl (C=O) groups excluding carboxylic acids is 1. The maximum absolute atomic E-state index is 11.1. The number of carbonyl (C=O) groups is 1. The number of esters is 1. The summed E-state index contributed by atoms with van der Waals surface area (Å²) < 4.78 is 4.68. The molecule has 14 heavy (non-hydrogen) atoms. The van der Waals surface area contributed by atoms with E-state index in [0.717, 1.165) is 18.8 Å². The van der Waals surface area contributed by atoms with Crippen molar-refractivity contribution in [1.82, 2.24) is 0 Å². The summed E-state index contributed by atoms with van der Waals surface area (Å²) in [5.41, 5.74) is 0. The topological polar surface area (TPSA) is 26.3 Å². The van der Waals surface area contributed by atoms with Gasteiger partial charge in [0.2, 0.25) is 0 Å². The van der Waals surface area contributed by atoms with Gasteiger partial charge in [0.25, 0.3) is 0 Å². The molecule has 2 nitrogen and oxygen atoms in total. The van der Waals surface area contributed by atoms with E-state index in [2.05, 4.69) is 18.6 Å². The molecule has 0 N–H and O–H groups in total. The van der Waals surface area contributed by atoms with Crippen molar-refractivity contribution in [3.05, 3.63) is 0 Å². The Balaban J connectivity index is 3.48. The minimum atomic E-state index is -0.0758. The highest BCUT2D eigenvalue weighted by atomic mass is 16.5. The van der Waals surface area contributed by atoms with Crippen molar-refractivity contribution >= 4 is 5.97 Å². The molecule has 0 aliphatic carbocycles. The third-order valence-corrected chi connectivity index (χ3v) is 2.72. The molecule has 2 heteroatoms. The van der Waals surface area contributed by atoms with E-state index in [1.165, 1.54) is 26.4 Å². The van der Waals surface area contributed by atoms with Gasteiger partial charge in [0.15, 0.2) is 0 Å². The molecule has 0 rings (SSSR count). The first kappa shape index (κ1) is 13.5. The second-order valence-corrected chi connectivity index (χ2v) is 4.25. The molecule has 0 aliphatic heterocycles. The summed E-state index contributed by atoms with van der Waals surface area (Å²) in [5.74, 6) is 0.784. The van der Waals surface area contributed by atoms with Gasteiger partial charge in [-0.05, 0) is 12.3 Å². The predicted octanol–water partition coefficient (Wildman–Crippen LogP) is 3.40.